The van der Waals surface area contributed by atoms with E-state index < -0.39 is 0 Å². The van der Waals surface area contributed by atoms with E-state index in [1.54, 1.807) is 12.4 Å². The Morgan fingerprint density at radius 3 is 2.93 bits per heavy atom. The van der Waals surface area contributed by atoms with Crippen molar-refractivity contribution in [2.24, 2.45) is 0 Å². The predicted molar refractivity (Wildman–Crippen MR) is 49.5 cm³/mol. The summed E-state index contributed by atoms with van der Waals surface area (Å²) < 4.78 is 1.34. The summed E-state index contributed by atoms with van der Waals surface area (Å²) in [5.41, 5.74) is 2.41. The summed E-state index contributed by atoms with van der Waals surface area (Å²) in [4.78, 5) is 20.4. The van der Waals surface area contributed by atoms with E-state index in [4.69, 9.17) is 4.84 Å². The molecule has 5 nitrogen and oxygen atoms in total. The van der Waals surface area contributed by atoms with Crippen LogP contribution in [0.3, 0.4) is 0 Å². The summed E-state index contributed by atoms with van der Waals surface area (Å²) in [5.74, 6) is 0. The van der Waals surface area contributed by atoms with Crippen molar-refractivity contribution < 1.29 is 9.63 Å². The SMILES string of the molecule is O=C(NOC1CCCC1)n1ccnc1. The van der Waals surface area contributed by atoms with Crippen LogP contribution in [-0.4, -0.2) is 21.7 Å². The van der Waals surface area contributed by atoms with E-state index in [-0.39, 0.29) is 12.1 Å². The number of hydroxylamine groups is 1. The first-order valence-electron chi connectivity index (χ1n) is 4.80. The molecule has 1 N–H and O–H groups in total. The fourth-order valence-corrected chi connectivity index (χ4v) is 1.57. The van der Waals surface area contributed by atoms with E-state index in [0.717, 1.165) is 12.8 Å². The molecule has 0 saturated heterocycles. The van der Waals surface area contributed by atoms with Crippen molar-refractivity contribution in [3.63, 3.8) is 0 Å². The number of nitrogens with one attached hydrogen (secondary N) is 1. The zero-order chi connectivity index (χ0) is 9.80. The van der Waals surface area contributed by atoms with Crippen LogP contribution in [0.5, 0.6) is 0 Å². The third kappa shape index (κ3) is 2.11. The smallest absolute Gasteiger partial charge is 0.269 e. The van der Waals surface area contributed by atoms with Gasteiger partial charge < -0.3 is 0 Å². The zero-order valence-corrected chi connectivity index (χ0v) is 7.85. The average Bonchev–Trinajstić information content (AvgIpc) is 2.87. The summed E-state index contributed by atoms with van der Waals surface area (Å²) >= 11 is 0. The lowest BCUT2D eigenvalue weighted by molar-refractivity contribution is 0.000477. The minimum Gasteiger partial charge on any atom is -0.269 e. The Labute approximate surface area is 82.0 Å². The largest absolute Gasteiger partial charge is 0.350 e. The van der Waals surface area contributed by atoms with Gasteiger partial charge >= 0.3 is 6.03 Å². The molecule has 1 saturated carbocycles. The Morgan fingerprint density at radius 2 is 2.29 bits per heavy atom. The molecule has 1 aliphatic rings. The van der Waals surface area contributed by atoms with Gasteiger partial charge in [0.05, 0.1) is 6.10 Å². The highest BCUT2D eigenvalue weighted by molar-refractivity contribution is 5.75. The van der Waals surface area contributed by atoms with E-state index in [2.05, 4.69) is 10.5 Å². The molecule has 5 heteroatoms. The molecule has 1 aromatic heterocycles. The summed E-state index contributed by atoms with van der Waals surface area (Å²) in [6, 6.07) is -0.297. The highest BCUT2D eigenvalue weighted by Gasteiger charge is 2.16. The topological polar surface area (TPSA) is 56.1 Å². The number of hydrogen-bond donors (Lipinski definition) is 1. The Hall–Kier alpha value is -1.36. The molecule has 2 rings (SSSR count). The van der Waals surface area contributed by atoms with Gasteiger partial charge in [0, 0.05) is 12.4 Å². The second-order valence-corrected chi connectivity index (χ2v) is 3.40. The van der Waals surface area contributed by atoms with Crippen molar-refractivity contribution in [1.29, 1.82) is 0 Å². The van der Waals surface area contributed by atoms with Gasteiger partial charge in [-0.05, 0) is 12.8 Å². The first-order chi connectivity index (χ1) is 6.86. The first kappa shape index (κ1) is 9.21. The number of carbonyl (C=O) groups excluding carboxylic acids is 1. The van der Waals surface area contributed by atoms with Gasteiger partial charge in [-0.1, -0.05) is 12.8 Å². The van der Waals surface area contributed by atoms with Crippen molar-refractivity contribution in [1.82, 2.24) is 15.0 Å². The first-order valence-corrected chi connectivity index (χ1v) is 4.80. The fourth-order valence-electron chi connectivity index (χ4n) is 1.57. The molecule has 0 aliphatic heterocycles. The highest BCUT2D eigenvalue weighted by Crippen LogP contribution is 2.19. The van der Waals surface area contributed by atoms with Gasteiger partial charge in [-0.15, -0.1) is 0 Å². The molecule has 0 aromatic carbocycles. The van der Waals surface area contributed by atoms with Crippen LogP contribution >= 0.6 is 0 Å². The van der Waals surface area contributed by atoms with Crippen LogP contribution in [0.1, 0.15) is 25.7 Å². The number of imidazole rings is 1. The molecule has 1 amide bonds. The second-order valence-electron chi connectivity index (χ2n) is 3.40. The molecule has 1 aliphatic carbocycles. The molecule has 76 valence electrons. The van der Waals surface area contributed by atoms with Gasteiger partial charge in [0.25, 0.3) is 0 Å². The van der Waals surface area contributed by atoms with Crippen molar-refractivity contribution in [3.05, 3.63) is 18.7 Å². The predicted octanol–water partition coefficient (Wildman–Crippen LogP) is 1.31. The maximum atomic E-state index is 11.3. The van der Waals surface area contributed by atoms with Gasteiger partial charge in [0.15, 0.2) is 0 Å². The minimum atomic E-state index is -0.297. The molecule has 0 spiro atoms. The van der Waals surface area contributed by atoms with E-state index >= 15 is 0 Å². The molecule has 0 unspecified atom stereocenters. The Kier molecular flexibility index (Phi) is 2.78. The molecule has 0 atom stereocenters. The molecule has 14 heavy (non-hydrogen) atoms. The van der Waals surface area contributed by atoms with Gasteiger partial charge in [0.2, 0.25) is 0 Å². The summed E-state index contributed by atoms with van der Waals surface area (Å²) in [5, 5.41) is 0. The van der Waals surface area contributed by atoms with Gasteiger partial charge in [-0.2, -0.15) is 0 Å². The number of amides is 1. The summed E-state index contributed by atoms with van der Waals surface area (Å²) in [7, 11) is 0. The van der Waals surface area contributed by atoms with Gasteiger partial charge in [-0.25, -0.2) is 15.3 Å². The average molecular weight is 195 g/mol. The number of hydrogen-bond acceptors (Lipinski definition) is 3. The van der Waals surface area contributed by atoms with Crippen LogP contribution in [0.25, 0.3) is 0 Å². The molecule has 1 fully saturated rings. The van der Waals surface area contributed by atoms with Gasteiger partial charge in [-0.3, -0.25) is 9.40 Å². The van der Waals surface area contributed by atoms with Crippen molar-refractivity contribution >= 4 is 6.03 Å². The molecule has 1 heterocycles. The molecule has 1 aromatic rings. The van der Waals surface area contributed by atoms with Crippen molar-refractivity contribution in [2.75, 3.05) is 0 Å². The van der Waals surface area contributed by atoms with E-state index in [9.17, 15) is 4.79 Å². The minimum absolute atomic E-state index is 0.183. The maximum Gasteiger partial charge on any atom is 0.350 e. The number of nitrogens with zero attached hydrogens (tertiary/aromatic N) is 2. The number of aromatic nitrogens is 2. The van der Waals surface area contributed by atoms with Crippen LogP contribution in [-0.2, 0) is 4.84 Å². The zero-order valence-electron chi connectivity index (χ0n) is 7.85. The lowest BCUT2D eigenvalue weighted by Gasteiger charge is -2.10. The van der Waals surface area contributed by atoms with Crippen LogP contribution in [0, 0.1) is 0 Å². The Bertz CT molecular complexity index is 291. The second kappa shape index (κ2) is 4.23. The quantitative estimate of drug-likeness (QED) is 0.724. The van der Waals surface area contributed by atoms with E-state index in [1.807, 2.05) is 0 Å². The third-order valence-electron chi connectivity index (χ3n) is 2.35. The number of carbonyl (C=O) groups is 1. The normalized spacial score (nSPS) is 17.1. The number of rotatable bonds is 2. The lowest BCUT2D eigenvalue weighted by Crippen LogP contribution is -2.31. The van der Waals surface area contributed by atoms with Crippen LogP contribution < -0.4 is 5.48 Å². The standard InChI is InChI=1S/C9H13N3O2/c13-9(12-6-5-10-7-12)11-14-8-3-1-2-4-8/h5-8H,1-4H2,(H,11,13). The lowest BCUT2D eigenvalue weighted by atomic mass is 10.3. The van der Waals surface area contributed by atoms with Crippen LogP contribution in [0.2, 0.25) is 0 Å². The molecular weight excluding hydrogens is 182 g/mol. The molecular formula is C9H13N3O2. The summed E-state index contributed by atoms with van der Waals surface area (Å²) in [6.45, 7) is 0. The van der Waals surface area contributed by atoms with Crippen molar-refractivity contribution in [2.45, 2.75) is 31.8 Å². The highest BCUT2D eigenvalue weighted by atomic mass is 16.7. The maximum absolute atomic E-state index is 11.3. The Morgan fingerprint density at radius 1 is 1.50 bits per heavy atom. The molecule has 0 bridgehead atoms. The van der Waals surface area contributed by atoms with Crippen LogP contribution in [0.4, 0.5) is 4.79 Å². The monoisotopic (exact) mass is 195 g/mol. The van der Waals surface area contributed by atoms with Crippen molar-refractivity contribution in [3.8, 4) is 0 Å². The third-order valence-corrected chi connectivity index (χ3v) is 2.35. The fraction of sp³-hybridized carbons (Fsp3) is 0.556. The Balaban J connectivity index is 1.78. The molecule has 0 radical (unpaired) electrons. The van der Waals surface area contributed by atoms with E-state index in [1.165, 1.54) is 23.7 Å². The van der Waals surface area contributed by atoms with Crippen LogP contribution in [0.15, 0.2) is 18.7 Å². The van der Waals surface area contributed by atoms with E-state index in [0.29, 0.717) is 0 Å². The van der Waals surface area contributed by atoms with Gasteiger partial charge in [0.1, 0.15) is 6.33 Å². The summed E-state index contributed by atoms with van der Waals surface area (Å²) in [6.07, 6.45) is 9.18.